The number of likely N-dealkylation sites (tertiary alicyclic amines) is 1. The van der Waals surface area contributed by atoms with Crippen molar-refractivity contribution in [3.8, 4) is 11.5 Å². The summed E-state index contributed by atoms with van der Waals surface area (Å²) >= 11 is 0. The van der Waals surface area contributed by atoms with E-state index in [-0.39, 0.29) is 11.8 Å². The molecule has 0 amide bonds. The molecule has 1 saturated heterocycles. The number of benzene rings is 3. The normalized spacial score (nSPS) is 15.9. The van der Waals surface area contributed by atoms with Crippen molar-refractivity contribution in [2.24, 2.45) is 5.92 Å². The van der Waals surface area contributed by atoms with Crippen molar-refractivity contribution in [1.82, 2.24) is 4.90 Å². The highest BCUT2D eigenvalue weighted by molar-refractivity contribution is 5.99. The van der Waals surface area contributed by atoms with Crippen LogP contribution in [-0.4, -0.2) is 34.9 Å². The first-order chi connectivity index (χ1) is 15.6. The molecule has 1 aliphatic rings. The van der Waals surface area contributed by atoms with Gasteiger partial charge in [0, 0.05) is 5.56 Å². The van der Waals surface area contributed by atoms with Crippen LogP contribution in [-0.2, 0) is 13.0 Å². The second kappa shape index (κ2) is 10.5. The third-order valence-corrected chi connectivity index (χ3v) is 6.42. The zero-order valence-electron chi connectivity index (χ0n) is 18.6. The highest BCUT2D eigenvalue weighted by Crippen LogP contribution is 2.25. The lowest BCUT2D eigenvalue weighted by molar-refractivity contribution is 0.0771. The summed E-state index contributed by atoms with van der Waals surface area (Å²) in [6, 6.07) is 24.9. The summed E-state index contributed by atoms with van der Waals surface area (Å²) in [4.78, 5) is 15.3. The van der Waals surface area contributed by atoms with E-state index in [0.29, 0.717) is 18.3 Å². The van der Waals surface area contributed by atoms with Gasteiger partial charge in [-0.1, -0.05) is 42.5 Å². The maximum absolute atomic E-state index is 13.0. The molecule has 0 bridgehead atoms. The second-order valence-electron chi connectivity index (χ2n) is 8.69. The molecule has 4 heteroatoms. The maximum atomic E-state index is 13.0. The molecular weight excluding hydrogens is 398 g/mol. The lowest BCUT2D eigenvalue weighted by atomic mass is 9.89. The number of carbonyl (C=O) groups excluding carboxylic acids is 1. The summed E-state index contributed by atoms with van der Waals surface area (Å²) < 4.78 is 5.84. The molecule has 1 atom stereocenters. The topological polar surface area (TPSA) is 49.8 Å². The van der Waals surface area contributed by atoms with Gasteiger partial charge in [-0.2, -0.15) is 0 Å². The Labute approximate surface area is 190 Å². The van der Waals surface area contributed by atoms with E-state index in [0.717, 1.165) is 49.2 Å². The fourth-order valence-electron chi connectivity index (χ4n) is 4.37. The van der Waals surface area contributed by atoms with Crippen LogP contribution in [0.15, 0.2) is 78.9 Å². The molecule has 0 aliphatic carbocycles. The van der Waals surface area contributed by atoms with E-state index in [1.165, 1.54) is 5.56 Å². The number of ether oxygens (including phenoxy) is 1. The molecule has 0 aromatic heterocycles. The Morgan fingerprint density at radius 2 is 1.59 bits per heavy atom. The van der Waals surface area contributed by atoms with Crippen LogP contribution in [0.1, 0.15) is 41.3 Å². The first-order valence-corrected chi connectivity index (χ1v) is 11.4. The number of piperidine rings is 1. The van der Waals surface area contributed by atoms with E-state index < -0.39 is 0 Å². The van der Waals surface area contributed by atoms with Gasteiger partial charge in [0.05, 0.1) is 6.04 Å². The first-order valence-electron chi connectivity index (χ1n) is 11.4. The van der Waals surface area contributed by atoms with Crippen molar-refractivity contribution in [3.05, 3.63) is 95.6 Å². The Kier molecular flexibility index (Phi) is 7.23. The van der Waals surface area contributed by atoms with E-state index in [2.05, 4.69) is 4.90 Å². The molecule has 1 fully saturated rings. The van der Waals surface area contributed by atoms with Crippen molar-refractivity contribution in [3.63, 3.8) is 0 Å². The average molecular weight is 430 g/mol. The molecule has 4 nitrogen and oxygen atoms in total. The maximum Gasteiger partial charge on any atom is 0.179 e. The average Bonchev–Trinajstić information content (AvgIpc) is 2.85. The van der Waals surface area contributed by atoms with Crippen LogP contribution >= 0.6 is 0 Å². The lowest BCUT2D eigenvalue weighted by Gasteiger charge is -2.35. The Morgan fingerprint density at radius 1 is 0.938 bits per heavy atom. The molecule has 4 rings (SSSR count). The minimum Gasteiger partial charge on any atom is -0.508 e. The van der Waals surface area contributed by atoms with Crippen LogP contribution in [0.5, 0.6) is 11.5 Å². The Bertz CT molecular complexity index is 991. The van der Waals surface area contributed by atoms with E-state index in [1.54, 1.807) is 12.1 Å². The molecule has 0 saturated carbocycles. The minimum absolute atomic E-state index is 0.124. The van der Waals surface area contributed by atoms with Crippen molar-refractivity contribution in [2.75, 3.05) is 13.1 Å². The molecule has 1 unspecified atom stereocenters. The van der Waals surface area contributed by atoms with Crippen molar-refractivity contribution >= 4 is 5.78 Å². The summed E-state index contributed by atoms with van der Waals surface area (Å²) in [5.41, 5.74) is 3.12. The number of rotatable bonds is 8. The van der Waals surface area contributed by atoms with Crippen molar-refractivity contribution in [1.29, 1.82) is 0 Å². The zero-order chi connectivity index (χ0) is 22.3. The monoisotopic (exact) mass is 429 g/mol. The van der Waals surface area contributed by atoms with E-state index in [9.17, 15) is 9.90 Å². The summed E-state index contributed by atoms with van der Waals surface area (Å²) in [5.74, 6) is 1.87. The van der Waals surface area contributed by atoms with Crippen molar-refractivity contribution < 1.29 is 14.6 Å². The number of nitrogens with zero attached hydrogens (tertiary/aromatic N) is 1. The molecule has 3 aromatic carbocycles. The van der Waals surface area contributed by atoms with Gasteiger partial charge in [-0.3, -0.25) is 9.69 Å². The summed E-state index contributed by atoms with van der Waals surface area (Å²) in [7, 11) is 0. The number of hydrogen-bond acceptors (Lipinski definition) is 4. The summed E-state index contributed by atoms with van der Waals surface area (Å²) in [6.45, 7) is 4.41. The number of ketones is 1. The van der Waals surface area contributed by atoms with Gasteiger partial charge in [0.1, 0.15) is 18.1 Å². The SMILES string of the molecule is CC(C(=O)c1ccc(OCc2ccccc2)cc1)N1CCC(Cc2ccc(O)cc2)CC1. The van der Waals surface area contributed by atoms with Gasteiger partial charge in [-0.25, -0.2) is 0 Å². The predicted molar refractivity (Wildman–Crippen MR) is 127 cm³/mol. The number of hydrogen-bond donors (Lipinski definition) is 1. The molecule has 0 spiro atoms. The number of Topliss-reactive ketones (excluding diaryl/α,β-unsaturated/α-hetero) is 1. The van der Waals surface area contributed by atoms with E-state index in [4.69, 9.17) is 4.74 Å². The largest absolute Gasteiger partial charge is 0.508 e. The molecule has 1 N–H and O–H groups in total. The Balaban J connectivity index is 1.26. The van der Waals surface area contributed by atoms with Gasteiger partial charge in [-0.05, 0) is 92.7 Å². The van der Waals surface area contributed by atoms with Crippen LogP contribution in [0, 0.1) is 5.92 Å². The van der Waals surface area contributed by atoms with Gasteiger partial charge in [-0.15, -0.1) is 0 Å². The van der Waals surface area contributed by atoms with E-state index in [1.807, 2.05) is 73.7 Å². The Morgan fingerprint density at radius 3 is 2.25 bits per heavy atom. The lowest BCUT2D eigenvalue weighted by Crippen LogP contribution is -2.44. The Hall–Kier alpha value is -3.11. The van der Waals surface area contributed by atoms with Crippen LogP contribution in [0.2, 0.25) is 0 Å². The fraction of sp³-hybridized carbons (Fsp3) is 0.321. The van der Waals surface area contributed by atoms with Crippen molar-refractivity contribution in [2.45, 2.75) is 38.8 Å². The molecular formula is C28H31NO3. The van der Waals surface area contributed by atoms with E-state index >= 15 is 0 Å². The number of phenolic OH excluding ortho intramolecular Hbond substituents is 1. The molecule has 166 valence electrons. The second-order valence-corrected chi connectivity index (χ2v) is 8.69. The molecule has 3 aromatic rings. The quantitative estimate of drug-likeness (QED) is 0.481. The highest BCUT2D eigenvalue weighted by Gasteiger charge is 2.27. The standard InChI is InChI=1S/C28H31NO3/c1-21(29-17-15-23(16-18-29)19-22-7-11-26(30)12-8-22)28(31)25-9-13-27(14-10-25)32-20-24-5-3-2-4-6-24/h2-14,21,23,30H,15-20H2,1H3. The molecule has 1 aliphatic heterocycles. The van der Waals surface area contributed by atoms with Gasteiger partial charge in [0.15, 0.2) is 5.78 Å². The molecule has 32 heavy (non-hydrogen) atoms. The number of phenols is 1. The molecule has 0 radical (unpaired) electrons. The fourth-order valence-corrected chi connectivity index (χ4v) is 4.37. The minimum atomic E-state index is -0.124. The van der Waals surface area contributed by atoms with Gasteiger partial charge in [0.25, 0.3) is 0 Å². The van der Waals surface area contributed by atoms with Gasteiger partial charge < -0.3 is 9.84 Å². The number of carbonyl (C=O) groups is 1. The third-order valence-electron chi connectivity index (χ3n) is 6.42. The highest BCUT2D eigenvalue weighted by atomic mass is 16.5. The zero-order valence-corrected chi connectivity index (χ0v) is 18.6. The smallest absolute Gasteiger partial charge is 0.179 e. The summed E-state index contributed by atoms with van der Waals surface area (Å²) in [6.07, 6.45) is 3.20. The first kappa shape index (κ1) is 22.1. The predicted octanol–water partition coefficient (Wildman–Crippen LogP) is 5.50. The van der Waals surface area contributed by atoms with Gasteiger partial charge >= 0.3 is 0 Å². The van der Waals surface area contributed by atoms with Gasteiger partial charge in [0.2, 0.25) is 0 Å². The number of aromatic hydroxyl groups is 1. The van der Waals surface area contributed by atoms with Crippen LogP contribution < -0.4 is 4.74 Å². The van der Waals surface area contributed by atoms with Crippen LogP contribution in [0.3, 0.4) is 0 Å². The summed E-state index contributed by atoms with van der Waals surface area (Å²) in [5, 5.41) is 9.45. The molecule has 1 heterocycles. The third kappa shape index (κ3) is 5.77. The van der Waals surface area contributed by atoms with Crippen LogP contribution in [0.25, 0.3) is 0 Å². The van der Waals surface area contributed by atoms with Crippen LogP contribution in [0.4, 0.5) is 0 Å².